The normalized spacial score (nSPS) is 14.3. The number of esters is 2. The van der Waals surface area contributed by atoms with Crippen LogP contribution in [0.15, 0.2) is 72.9 Å². The molecule has 9 heteroatoms. The molecule has 274 valence electrons. The van der Waals surface area contributed by atoms with E-state index in [2.05, 4.69) is 86.8 Å². The van der Waals surface area contributed by atoms with Crippen LogP contribution in [-0.4, -0.2) is 42.8 Å². The summed E-state index contributed by atoms with van der Waals surface area (Å²) in [5.41, 5.74) is 0. The lowest BCUT2D eigenvalue weighted by atomic mass is 10.1. The summed E-state index contributed by atoms with van der Waals surface area (Å²) in [5, 5.41) is 0. The van der Waals surface area contributed by atoms with Gasteiger partial charge in [-0.25, -0.2) is 4.57 Å². The van der Waals surface area contributed by atoms with Crippen molar-refractivity contribution in [2.24, 2.45) is 0 Å². The first-order valence-corrected chi connectivity index (χ1v) is 19.7. The summed E-state index contributed by atoms with van der Waals surface area (Å²) in [7, 11) is -4.29. The Balaban J connectivity index is 4.30. The number of hydrogen-bond acceptors (Lipinski definition) is 7. The van der Waals surface area contributed by atoms with Crippen LogP contribution in [0.25, 0.3) is 0 Å². The average Bonchev–Trinajstić information content (AvgIpc) is 3.06. The second kappa shape index (κ2) is 34.4. The highest BCUT2D eigenvalue weighted by atomic mass is 31.2. The zero-order valence-electron chi connectivity index (χ0n) is 30.1. The molecule has 8 nitrogen and oxygen atoms in total. The molecule has 48 heavy (non-hydrogen) atoms. The van der Waals surface area contributed by atoms with Crippen LogP contribution in [0.1, 0.15) is 136 Å². The standard InChI is InChI=1S/C39H65O8P/c1-4-7-9-11-13-15-17-19-20-22-24-26-28-30-32-34-39(41)47-37(36-46-48(42,43)45-6-3)35-44-38(40)33-31-29-27-25-23-21-18-16-14-12-10-8-5-2/h7,9-10,12-13,15-16,18-20,24,26,37H,4-6,8,11,14,17,21-23,25,27-36H2,1-3H3,(H,42,43)/b9-7-,12-10-,15-13-,18-16-,20-19-,26-24-. The Labute approximate surface area is 292 Å². The topological polar surface area (TPSA) is 108 Å². The van der Waals surface area contributed by atoms with Gasteiger partial charge in [0, 0.05) is 12.8 Å². The lowest BCUT2D eigenvalue weighted by molar-refractivity contribution is -0.161. The quantitative estimate of drug-likeness (QED) is 0.0321. The molecule has 2 unspecified atom stereocenters. The van der Waals surface area contributed by atoms with Gasteiger partial charge in [-0.05, 0) is 84.0 Å². The van der Waals surface area contributed by atoms with Gasteiger partial charge in [0.15, 0.2) is 6.10 Å². The molecule has 0 aliphatic rings. The van der Waals surface area contributed by atoms with E-state index in [1.165, 1.54) is 6.42 Å². The zero-order valence-corrected chi connectivity index (χ0v) is 31.0. The maximum absolute atomic E-state index is 12.5. The minimum atomic E-state index is -4.29. The molecule has 0 aromatic rings. The van der Waals surface area contributed by atoms with Crippen molar-refractivity contribution in [1.82, 2.24) is 0 Å². The summed E-state index contributed by atoms with van der Waals surface area (Å²) in [5.74, 6) is -0.873. The van der Waals surface area contributed by atoms with Crippen molar-refractivity contribution < 1.29 is 37.6 Å². The van der Waals surface area contributed by atoms with Crippen molar-refractivity contribution in [2.45, 2.75) is 142 Å². The predicted octanol–water partition coefficient (Wildman–Crippen LogP) is 11.0. The minimum Gasteiger partial charge on any atom is -0.462 e. The van der Waals surface area contributed by atoms with Gasteiger partial charge in [0.1, 0.15) is 6.61 Å². The smallest absolute Gasteiger partial charge is 0.462 e. The molecule has 0 rings (SSSR count). The lowest BCUT2D eigenvalue weighted by Gasteiger charge is -2.19. The number of hydrogen-bond donors (Lipinski definition) is 1. The second-order valence-corrected chi connectivity index (χ2v) is 13.0. The van der Waals surface area contributed by atoms with Crippen LogP contribution in [0.4, 0.5) is 0 Å². The largest absolute Gasteiger partial charge is 0.472 e. The van der Waals surface area contributed by atoms with Crippen molar-refractivity contribution >= 4 is 19.8 Å². The Morgan fingerprint density at radius 3 is 1.65 bits per heavy atom. The molecule has 0 fully saturated rings. The van der Waals surface area contributed by atoms with Crippen molar-refractivity contribution in [3.05, 3.63) is 72.9 Å². The first-order valence-electron chi connectivity index (χ1n) is 18.2. The van der Waals surface area contributed by atoms with Crippen LogP contribution in [-0.2, 0) is 32.7 Å². The molecule has 0 aromatic carbocycles. The zero-order chi connectivity index (χ0) is 35.4. The first kappa shape index (κ1) is 45.5. The molecule has 0 bridgehead atoms. The van der Waals surface area contributed by atoms with Crippen LogP contribution in [0.5, 0.6) is 0 Å². The van der Waals surface area contributed by atoms with Crippen molar-refractivity contribution in [2.75, 3.05) is 19.8 Å². The van der Waals surface area contributed by atoms with E-state index in [0.29, 0.717) is 12.8 Å². The third kappa shape index (κ3) is 33.4. The Kier molecular flexibility index (Phi) is 32.6. The van der Waals surface area contributed by atoms with Crippen molar-refractivity contribution in [1.29, 1.82) is 0 Å². The van der Waals surface area contributed by atoms with Gasteiger partial charge in [-0.15, -0.1) is 0 Å². The molecular weight excluding hydrogens is 627 g/mol. The SMILES string of the molecule is CC/C=C\C/C=C\C/C=C\C/C=C\CCCCC(=O)OC(COC(=O)CCCCCCC/C=C\C/C=C\CCC)COP(=O)(O)OCC. The van der Waals surface area contributed by atoms with E-state index in [0.717, 1.165) is 83.5 Å². The summed E-state index contributed by atoms with van der Waals surface area (Å²) in [4.78, 5) is 34.5. The van der Waals surface area contributed by atoms with Crippen LogP contribution in [0.2, 0.25) is 0 Å². The third-order valence-electron chi connectivity index (χ3n) is 6.98. The summed E-state index contributed by atoms with van der Waals surface area (Å²) >= 11 is 0. The number of rotatable bonds is 32. The van der Waals surface area contributed by atoms with Gasteiger partial charge in [0.2, 0.25) is 0 Å². The molecule has 0 heterocycles. The van der Waals surface area contributed by atoms with Gasteiger partial charge in [-0.3, -0.25) is 18.6 Å². The van der Waals surface area contributed by atoms with Crippen molar-refractivity contribution in [3.63, 3.8) is 0 Å². The highest BCUT2D eigenvalue weighted by Gasteiger charge is 2.25. The van der Waals surface area contributed by atoms with E-state index in [-0.39, 0.29) is 26.1 Å². The molecular formula is C39H65O8P. The van der Waals surface area contributed by atoms with E-state index >= 15 is 0 Å². The Bertz CT molecular complexity index is 1010. The maximum Gasteiger partial charge on any atom is 0.472 e. The Morgan fingerprint density at radius 1 is 0.583 bits per heavy atom. The number of unbranched alkanes of at least 4 members (excludes halogenated alkanes) is 8. The number of carbonyl (C=O) groups excluding carboxylic acids is 2. The number of ether oxygens (including phenoxy) is 2. The summed E-state index contributed by atoms with van der Waals surface area (Å²) in [6.07, 6.45) is 41.0. The number of phosphoric acid groups is 1. The van der Waals surface area contributed by atoms with Gasteiger partial charge in [-0.1, -0.05) is 112 Å². The number of carbonyl (C=O) groups is 2. The molecule has 0 aliphatic carbocycles. The van der Waals surface area contributed by atoms with Crippen LogP contribution >= 0.6 is 7.82 Å². The summed E-state index contributed by atoms with van der Waals surface area (Å²) in [6, 6.07) is 0. The molecule has 0 amide bonds. The van der Waals surface area contributed by atoms with Gasteiger partial charge in [0.25, 0.3) is 0 Å². The Hall–Kier alpha value is -2.51. The fourth-order valence-corrected chi connectivity index (χ4v) is 5.12. The maximum atomic E-state index is 12.5. The van der Waals surface area contributed by atoms with E-state index in [9.17, 15) is 19.0 Å². The van der Waals surface area contributed by atoms with Gasteiger partial charge >= 0.3 is 19.8 Å². The van der Waals surface area contributed by atoms with E-state index < -0.39 is 32.5 Å². The fourth-order valence-electron chi connectivity index (χ4n) is 4.36. The predicted molar refractivity (Wildman–Crippen MR) is 198 cm³/mol. The number of allylic oxidation sites excluding steroid dienone is 12. The van der Waals surface area contributed by atoms with E-state index in [4.69, 9.17) is 18.5 Å². The average molecular weight is 693 g/mol. The van der Waals surface area contributed by atoms with Crippen LogP contribution in [0, 0.1) is 0 Å². The molecule has 0 aliphatic heterocycles. The van der Waals surface area contributed by atoms with Crippen LogP contribution < -0.4 is 0 Å². The second-order valence-electron chi connectivity index (χ2n) is 11.5. The van der Waals surface area contributed by atoms with Crippen molar-refractivity contribution in [3.8, 4) is 0 Å². The molecule has 0 spiro atoms. The van der Waals surface area contributed by atoms with Gasteiger partial charge < -0.3 is 14.4 Å². The monoisotopic (exact) mass is 692 g/mol. The molecule has 0 aromatic heterocycles. The number of phosphoric ester groups is 1. The molecule has 0 saturated carbocycles. The van der Waals surface area contributed by atoms with E-state index in [1.54, 1.807) is 6.92 Å². The Morgan fingerprint density at radius 2 is 1.06 bits per heavy atom. The first-order chi connectivity index (χ1) is 23.3. The van der Waals surface area contributed by atoms with Gasteiger partial charge in [-0.2, -0.15) is 0 Å². The summed E-state index contributed by atoms with van der Waals surface area (Å²) < 4.78 is 32.4. The van der Waals surface area contributed by atoms with Gasteiger partial charge in [0.05, 0.1) is 13.2 Å². The summed E-state index contributed by atoms with van der Waals surface area (Å²) in [6.45, 7) is 5.19. The third-order valence-corrected chi connectivity index (χ3v) is 8.04. The molecule has 2 atom stereocenters. The molecule has 0 saturated heterocycles. The molecule has 1 N–H and O–H groups in total. The van der Waals surface area contributed by atoms with E-state index in [1.807, 2.05) is 0 Å². The highest BCUT2D eigenvalue weighted by Crippen LogP contribution is 2.43. The van der Waals surface area contributed by atoms with Crippen LogP contribution in [0.3, 0.4) is 0 Å². The lowest BCUT2D eigenvalue weighted by Crippen LogP contribution is -2.29. The fraction of sp³-hybridized carbons (Fsp3) is 0.641. The molecule has 0 radical (unpaired) electrons. The highest BCUT2D eigenvalue weighted by molar-refractivity contribution is 7.47. The minimum absolute atomic E-state index is 0.0140.